The Labute approximate surface area is 135 Å². The molecule has 6 heteroatoms. The lowest BCUT2D eigenvalue weighted by Crippen LogP contribution is -2.33. The van der Waals surface area contributed by atoms with E-state index in [4.69, 9.17) is 9.15 Å². The Morgan fingerprint density at radius 3 is 3.00 bits per heavy atom. The van der Waals surface area contributed by atoms with Gasteiger partial charge in [-0.05, 0) is 31.5 Å². The predicted octanol–water partition coefficient (Wildman–Crippen LogP) is 2.22. The lowest BCUT2D eigenvalue weighted by Gasteiger charge is -2.23. The maximum absolute atomic E-state index is 6.17. The van der Waals surface area contributed by atoms with Gasteiger partial charge >= 0.3 is 0 Å². The topological polar surface area (TPSA) is 63.4 Å². The van der Waals surface area contributed by atoms with E-state index in [0.717, 1.165) is 44.0 Å². The molecule has 2 aliphatic rings. The molecule has 0 bridgehead atoms. The van der Waals surface area contributed by atoms with E-state index in [0.29, 0.717) is 12.6 Å². The van der Waals surface area contributed by atoms with Crippen LogP contribution in [0.4, 0.5) is 5.95 Å². The molecule has 1 spiro atoms. The van der Waals surface area contributed by atoms with Crippen LogP contribution in [-0.4, -0.2) is 46.2 Å². The third-order valence-electron chi connectivity index (χ3n) is 4.68. The Kier molecular flexibility index (Phi) is 3.79. The molecule has 2 fully saturated rings. The van der Waals surface area contributed by atoms with Crippen LogP contribution in [0.25, 0.3) is 0 Å². The van der Waals surface area contributed by atoms with Gasteiger partial charge in [-0.3, -0.25) is 4.90 Å². The number of furan rings is 1. The molecule has 4 rings (SSSR count). The zero-order chi connectivity index (χ0) is 15.7. The van der Waals surface area contributed by atoms with E-state index in [1.54, 1.807) is 12.4 Å². The van der Waals surface area contributed by atoms with Gasteiger partial charge in [-0.15, -0.1) is 0 Å². The van der Waals surface area contributed by atoms with Crippen molar-refractivity contribution in [2.75, 3.05) is 25.0 Å². The molecule has 6 nitrogen and oxygen atoms in total. The van der Waals surface area contributed by atoms with Gasteiger partial charge in [-0.2, -0.15) is 0 Å². The standard InChI is InChI=1S/C17H22N4O2/c1-13-3-4-15(23-13)10-21-8-5-17(12-21)9-14(11-22-17)20-16-18-6-2-7-19-16/h2-4,6-7,14H,5,8-12H2,1H3,(H,18,19,20)/t14-,17-/m1/s1. The number of nitrogens with zero attached hydrogens (tertiary/aromatic N) is 3. The molecule has 2 aromatic heterocycles. The summed E-state index contributed by atoms with van der Waals surface area (Å²) in [5.41, 5.74) is -0.0336. The average molecular weight is 314 g/mol. The molecule has 4 heterocycles. The van der Waals surface area contributed by atoms with E-state index < -0.39 is 0 Å². The van der Waals surface area contributed by atoms with Crippen molar-refractivity contribution < 1.29 is 9.15 Å². The number of aromatic nitrogens is 2. The highest BCUT2D eigenvalue weighted by molar-refractivity contribution is 5.25. The zero-order valence-corrected chi connectivity index (χ0v) is 13.4. The minimum Gasteiger partial charge on any atom is -0.465 e. The van der Waals surface area contributed by atoms with Gasteiger partial charge in [-0.1, -0.05) is 0 Å². The van der Waals surface area contributed by atoms with Crippen molar-refractivity contribution in [3.8, 4) is 0 Å². The van der Waals surface area contributed by atoms with Crippen molar-refractivity contribution in [2.45, 2.75) is 38.0 Å². The summed E-state index contributed by atoms with van der Waals surface area (Å²) in [4.78, 5) is 10.9. The largest absolute Gasteiger partial charge is 0.465 e. The molecule has 2 aliphatic heterocycles. The van der Waals surface area contributed by atoms with Crippen LogP contribution in [0.5, 0.6) is 0 Å². The highest BCUT2D eigenvalue weighted by Gasteiger charge is 2.45. The summed E-state index contributed by atoms with van der Waals surface area (Å²) in [7, 11) is 0. The van der Waals surface area contributed by atoms with E-state index in [9.17, 15) is 0 Å². The third-order valence-corrected chi connectivity index (χ3v) is 4.68. The lowest BCUT2D eigenvalue weighted by molar-refractivity contribution is 0.0115. The number of nitrogens with one attached hydrogen (secondary N) is 1. The van der Waals surface area contributed by atoms with Crippen LogP contribution in [0, 0.1) is 6.92 Å². The van der Waals surface area contributed by atoms with Gasteiger partial charge in [-0.25, -0.2) is 9.97 Å². The highest BCUT2D eigenvalue weighted by atomic mass is 16.5. The molecule has 122 valence electrons. The molecule has 0 aromatic carbocycles. The quantitative estimate of drug-likeness (QED) is 0.933. The summed E-state index contributed by atoms with van der Waals surface area (Å²) in [5.74, 6) is 2.68. The average Bonchev–Trinajstić information content (AvgIpc) is 3.24. The fraction of sp³-hybridized carbons (Fsp3) is 0.529. The van der Waals surface area contributed by atoms with Gasteiger partial charge in [0, 0.05) is 31.9 Å². The molecule has 0 amide bonds. The minimum atomic E-state index is -0.0336. The molecule has 0 radical (unpaired) electrons. The summed E-state index contributed by atoms with van der Waals surface area (Å²) < 4.78 is 11.9. The van der Waals surface area contributed by atoms with Crippen LogP contribution in [0.3, 0.4) is 0 Å². The van der Waals surface area contributed by atoms with E-state index >= 15 is 0 Å². The second kappa shape index (κ2) is 5.94. The Balaban J connectivity index is 1.34. The fourth-order valence-electron chi connectivity index (χ4n) is 3.63. The molecular formula is C17H22N4O2. The van der Waals surface area contributed by atoms with Crippen molar-refractivity contribution in [2.24, 2.45) is 0 Å². The van der Waals surface area contributed by atoms with Gasteiger partial charge in [0.25, 0.3) is 0 Å². The molecule has 2 aromatic rings. The first-order valence-corrected chi connectivity index (χ1v) is 8.16. The van der Waals surface area contributed by atoms with Gasteiger partial charge < -0.3 is 14.5 Å². The van der Waals surface area contributed by atoms with E-state index in [-0.39, 0.29) is 11.6 Å². The van der Waals surface area contributed by atoms with Crippen LogP contribution >= 0.6 is 0 Å². The number of rotatable bonds is 4. The van der Waals surface area contributed by atoms with Crippen molar-refractivity contribution in [1.82, 2.24) is 14.9 Å². The summed E-state index contributed by atoms with van der Waals surface area (Å²) in [6.45, 7) is 5.57. The molecule has 1 N–H and O–H groups in total. The van der Waals surface area contributed by atoms with E-state index in [1.807, 2.05) is 19.1 Å². The fourth-order valence-corrected chi connectivity index (χ4v) is 3.63. The first-order valence-electron chi connectivity index (χ1n) is 8.16. The number of ether oxygens (including phenoxy) is 1. The van der Waals surface area contributed by atoms with Crippen LogP contribution in [0.15, 0.2) is 35.0 Å². The second-order valence-electron chi connectivity index (χ2n) is 6.58. The van der Waals surface area contributed by atoms with Crippen molar-refractivity contribution >= 4 is 5.95 Å². The number of aryl methyl sites for hydroxylation is 1. The van der Waals surface area contributed by atoms with Gasteiger partial charge in [0.05, 0.1) is 24.8 Å². The minimum absolute atomic E-state index is 0.0336. The summed E-state index contributed by atoms with van der Waals surface area (Å²) in [6.07, 6.45) is 5.58. The van der Waals surface area contributed by atoms with Gasteiger partial charge in [0.2, 0.25) is 5.95 Å². The summed E-state index contributed by atoms with van der Waals surface area (Å²) in [6, 6.07) is 6.19. The molecule has 2 saturated heterocycles. The SMILES string of the molecule is Cc1ccc(CN2CC[C@@]3(C[C@@H](Nc4ncccn4)CO3)C2)o1. The van der Waals surface area contributed by atoms with Crippen molar-refractivity contribution in [3.05, 3.63) is 42.1 Å². The second-order valence-corrected chi connectivity index (χ2v) is 6.58. The van der Waals surface area contributed by atoms with Crippen LogP contribution in [0.2, 0.25) is 0 Å². The Bertz CT molecular complexity index is 660. The predicted molar refractivity (Wildman–Crippen MR) is 86.1 cm³/mol. The Morgan fingerprint density at radius 2 is 2.22 bits per heavy atom. The molecule has 0 unspecified atom stereocenters. The van der Waals surface area contributed by atoms with Gasteiger partial charge in [0.15, 0.2) is 0 Å². The normalized spacial score (nSPS) is 27.8. The Hall–Kier alpha value is -1.92. The highest BCUT2D eigenvalue weighted by Crippen LogP contribution is 2.36. The van der Waals surface area contributed by atoms with E-state index in [1.165, 1.54) is 0 Å². The van der Waals surface area contributed by atoms with Crippen molar-refractivity contribution in [3.63, 3.8) is 0 Å². The van der Waals surface area contributed by atoms with E-state index in [2.05, 4.69) is 26.3 Å². The number of hydrogen-bond donors (Lipinski definition) is 1. The molecule has 0 aliphatic carbocycles. The summed E-state index contributed by atoms with van der Waals surface area (Å²) >= 11 is 0. The first kappa shape index (κ1) is 14.7. The number of likely N-dealkylation sites (tertiary alicyclic amines) is 1. The maximum atomic E-state index is 6.17. The molecule has 0 saturated carbocycles. The van der Waals surface area contributed by atoms with Crippen LogP contribution in [-0.2, 0) is 11.3 Å². The Morgan fingerprint density at radius 1 is 1.35 bits per heavy atom. The van der Waals surface area contributed by atoms with Gasteiger partial charge in [0.1, 0.15) is 11.5 Å². The van der Waals surface area contributed by atoms with Crippen LogP contribution in [0.1, 0.15) is 24.4 Å². The van der Waals surface area contributed by atoms with Crippen molar-refractivity contribution in [1.29, 1.82) is 0 Å². The molecule has 23 heavy (non-hydrogen) atoms. The molecule has 2 atom stereocenters. The van der Waals surface area contributed by atoms with Crippen LogP contribution < -0.4 is 5.32 Å². The number of hydrogen-bond acceptors (Lipinski definition) is 6. The smallest absolute Gasteiger partial charge is 0.222 e. The molecular weight excluding hydrogens is 292 g/mol. The lowest BCUT2D eigenvalue weighted by atomic mass is 9.97. The number of anilines is 1. The third kappa shape index (κ3) is 3.23. The monoisotopic (exact) mass is 314 g/mol. The summed E-state index contributed by atoms with van der Waals surface area (Å²) in [5, 5.41) is 3.38. The maximum Gasteiger partial charge on any atom is 0.222 e. The first-order chi connectivity index (χ1) is 11.2. The zero-order valence-electron chi connectivity index (χ0n) is 13.4.